The number of nitrogens with zero attached hydrogens (tertiary/aromatic N) is 3. The summed E-state index contributed by atoms with van der Waals surface area (Å²) < 4.78 is 8.21. The van der Waals surface area contributed by atoms with E-state index in [1.165, 1.54) is 28.5 Å². The highest BCUT2D eigenvalue weighted by Gasteiger charge is 2.20. The topological polar surface area (TPSA) is 69.0 Å². The number of hydrogen-bond donors (Lipinski definition) is 1. The van der Waals surface area contributed by atoms with Crippen molar-refractivity contribution in [2.45, 2.75) is 37.9 Å². The first-order valence-corrected chi connectivity index (χ1v) is 12.9. The normalized spacial score (nSPS) is 12.4. The third kappa shape index (κ3) is 5.36. The van der Waals surface area contributed by atoms with Gasteiger partial charge in [0, 0.05) is 16.4 Å². The third-order valence-corrected chi connectivity index (χ3v) is 7.15. The van der Waals surface area contributed by atoms with Gasteiger partial charge in [-0.25, -0.2) is 0 Å². The van der Waals surface area contributed by atoms with Gasteiger partial charge in [0.1, 0.15) is 12.4 Å². The quantitative estimate of drug-likeness (QED) is 0.297. The van der Waals surface area contributed by atoms with Crippen LogP contribution in [-0.4, -0.2) is 26.4 Å². The number of halogens is 1. The van der Waals surface area contributed by atoms with Crippen LogP contribution < -0.4 is 10.1 Å². The van der Waals surface area contributed by atoms with Crippen molar-refractivity contribution in [3.63, 3.8) is 0 Å². The standard InChI is InChI=1S/C27H25ClN4O2S/c1-18-13-14-24(23-12-6-11-22(18)23)34-16-25-30-31-27(32(25)21-9-3-2-4-10-21)35-17-26(33)29-20-8-5-7-19(28)15-20/h2-5,7-10,13-15H,6,11-12,16-17H2,1H3,(H,29,33). The van der Waals surface area contributed by atoms with Crippen LogP contribution in [-0.2, 0) is 24.2 Å². The molecule has 1 heterocycles. The number of amides is 1. The molecule has 3 aromatic carbocycles. The Hall–Kier alpha value is -3.29. The molecule has 1 aliphatic rings. The maximum Gasteiger partial charge on any atom is 0.234 e. The number of aryl methyl sites for hydroxylation is 1. The Kier molecular flexibility index (Phi) is 7.06. The first-order chi connectivity index (χ1) is 17.1. The van der Waals surface area contributed by atoms with Crippen molar-refractivity contribution < 1.29 is 9.53 Å². The first kappa shape index (κ1) is 23.5. The molecule has 0 unspecified atom stereocenters. The van der Waals surface area contributed by atoms with Crippen LogP contribution in [0.2, 0.25) is 5.02 Å². The second kappa shape index (κ2) is 10.5. The fourth-order valence-electron chi connectivity index (χ4n) is 4.35. The lowest BCUT2D eigenvalue weighted by atomic mass is 10.0. The van der Waals surface area contributed by atoms with Crippen molar-refractivity contribution >= 4 is 35.0 Å². The summed E-state index contributed by atoms with van der Waals surface area (Å²) in [4.78, 5) is 12.5. The van der Waals surface area contributed by atoms with Gasteiger partial charge in [0.05, 0.1) is 5.75 Å². The maximum absolute atomic E-state index is 12.5. The summed E-state index contributed by atoms with van der Waals surface area (Å²) in [6, 6.07) is 21.1. The second-order valence-electron chi connectivity index (χ2n) is 8.40. The van der Waals surface area contributed by atoms with E-state index in [9.17, 15) is 4.79 Å². The lowest BCUT2D eigenvalue weighted by Gasteiger charge is -2.14. The predicted octanol–water partition coefficient (Wildman–Crippen LogP) is 6.03. The smallest absolute Gasteiger partial charge is 0.234 e. The summed E-state index contributed by atoms with van der Waals surface area (Å²) in [5.41, 5.74) is 5.62. The highest BCUT2D eigenvalue weighted by Crippen LogP contribution is 2.33. The summed E-state index contributed by atoms with van der Waals surface area (Å²) in [6.07, 6.45) is 3.31. The molecule has 1 amide bonds. The molecular weight excluding hydrogens is 480 g/mol. The fraction of sp³-hybridized carbons (Fsp3) is 0.222. The summed E-state index contributed by atoms with van der Waals surface area (Å²) >= 11 is 7.34. The van der Waals surface area contributed by atoms with Gasteiger partial charge >= 0.3 is 0 Å². The largest absolute Gasteiger partial charge is 0.485 e. The minimum absolute atomic E-state index is 0.145. The zero-order chi connectivity index (χ0) is 24.2. The fourth-order valence-corrected chi connectivity index (χ4v) is 5.31. The van der Waals surface area contributed by atoms with E-state index in [1.54, 1.807) is 24.3 Å². The Balaban J connectivity index is 1.33. The Labute approximate surface area is 213 Å². The molecule has 0 fully saturated rings. The van der Waals surface area contributed by atoms with E-state index < -0.39 is 0 Å². The third-order valence-electron chi connectivity index (χ3n) is 5.99. The first-order valence-electron chi connectivity index (χ1n) is 11.5. The van der Waals surface area contributed by atoms with E-state index in [0.717, 1.165) is 30.7 Å². The van der Waals surface area contributed by atoms with Crippen LogP contribution in [0.25, 0.3) is 5.69 Å². The molecule has 0 radical (unpaired) electrons. The number of carbonyl (C=O) groups excluding carboxylic acids is 1. The number of anilines is 1. The van der Waals surface area contributed by atoms with Crippen LogP contribution in [0.15, 0.2) is 71.9 Å². The van der Waals surface area contributed by atoms with Crippen LogP contribution in [0, 0.1) is 6.92 Å². The van der Waals surface area contributed by atoms with Crippen LogP contribution in [0.4, 0.5) is 5.69 Å². The van der Waals surface area contributed by atoms with Crippen LogP contribution in [0.1, 0.15) is 28.9 Å². The molecule has 1 N–H and O–H groups in total. The Bertz CT molecular complexity index is 1360. The molecular formula is C27H25ClN4O2S. The van der Waals surface area contributed by atoms with Gasteiger partial charge < -0.3 is 10.1 Å². The molecule has 0 spiro atoms. The highest BCUT2D eigenvalue weighted by molar-refractivity contribution is 7.99. The zero-order valence-corrected chi connectivity index (χ0v) is 20.9. The molecule has 1 aromatic heterocycles. The van der Waals surface area contributed by atoms with Crippen molar-refractivity contribution in [3.8, 4) is 11.4 Å². The number of thioether (sulfide) groups is 1. The molecule has 1 aliphatic carbocycles. The van der Waals surface area contributed by atoms with Crippen molar-refractivity contribution in [2.75, 3.05) is 11.1 Å². The van der Waals surface area contributed by atoms with Crippen LogP contribution in [0.3, 0.4) is 0 Å². The Morgan fingerprint density at radius 1 is 1.06 bits per heavy atom. The molecule has 178 valence electrons. The second-order valence-corrected chi connectivity index (χ2v) is 9.78. The lowest BCUT2D eigenvalue weighted by molar-refractivity contribution is -0.113. The molecule has 0 saturated heterocycles. The van der Waals surface area contributed by atoms with Crippen molar-refractivity contribution in [1.82, 2.24) is 14.8 Å². The molecule has 35 heavy (non-hydrogen) atoms. The number of para-hydroxylation sites is 1. The summed E-state index contributed by atoms with van der Waals surface area (Å²) in [7, 11) is 0. The lowest BCUT2D eigenvalue weighted by Crippen LogP contribution is -2.14. The number of ether oxygens (including phenoxy) is 1. The number of hydrogen-bond acceptors (Lipinski definition) is 5. The molecule has 0 aliphatic heterocycles. The molecule has 6 nitrogen and oxygen atoms in total. The molecule has 4 aromatic rings. The van der Waals surface area contributed by atoms with Gasteiger partial charge in [0.15, 0.2) is 11.0 Å². The minimum atomic E-state index is -0.145. The monoisotopic (exact) mass is 504 g/mol. The summed E-state index contributed by atoms with van der Waals surface area (Å²) in [5, 5.41) is 12.9. The van der Waals surface area contributed by atoms with E-state index in [4.69, 9.17) is 16.3 Å². The van der Waals surface area contributed by atoms with E-state index >= 15 is 0 Å². The van der Waals surface area contributed by atoms with Crippen LogP contribution >= 0.6 is 23.4 Å². The van der Waals surface area contributed by atoms with Gasteiger partial charge in [-0.15, -0.1) is 10.2 Å². The number of fused-ring (bicyclic) bond motifs is 1. The molecule has 8 heteroatoms. The van der Waals surface area contributed by atoms with E-state index in [2.05, 4.69) is 34.6 Å². The van der Waals surface area contributed by atoms with Crippen molar-refractivity contribution in [2.24, 2.45) is 0 Å². The zero-order valence-electron chi connectivity index (χ0n) is 19.3. The molecule has 5 rings (SSSR count). The summed E-state index contributed by atoms with van der Waals surface area (Å²) in [6.45, 7) is 2.44. The minimum Gasteiger partial charge on any atom is -0.485 e. The molecule has 0 bridgehead atoms. The van der Waals surface area contributed by atoms with Crippen molar-refractivity contribution in [1.29, 1.82) is 0 Å². The van der Waals surface area contributed by atoms with E-state index in [1.807, 2.05) is 34.9 Å². The highest BCUT2D eigenvalue weighted by atomic mass is 35.5. The number of carbonyl (C=O) groups is 1. The van der Waals surface area contributed by atoms with Gasteiger partial charge in [-0.3, -0.25) is 9.36 Å². The van der Waals surface area contributed by atoms with Gasteiger partial charge in [0.25, 0.3) is 0 Å². The summed E-state index contributed by atoms with van der Waals surface area (Å²) in [5.74, 6) is 1.64. The number of nitrogens with one attached hydrogen (secondary N) is 1. The molecule has 0 atom stereocenters. The van der Waals surface area contributed by atoms with Gasteiger partial charge in [-0.2, -0.15) is 0 Å². The van der Waals surface area contributed by atoms with Gasteiger partial charge in [-0.05, 0) is 79.3 Å². The average Bonchev–Trinajstić information content (AvgIpc) is 3.51. The average molecular weight is 505 g/mol. The van der Waals surface area contributed by atoms with Crippen LogP contribution in [0.5, 0.6) is 5.75 Å². The number of aromatic nitrogens is 3. The van der Waals surface area contributed by atoms with E-state index in [0.29, 0.717) is 21.7 Å². The van der Waals surface area contributed by atoms with Gasteiger partial charge in [0.2, 0.25) is 5.91 Å². The van der Waals surface area contributed by atoms with Crippen molar-refractivity contribution in [3.05, 3.63) is 94.3 Å². The Morgan fingerprint density at radius 2 is 1.89 bits per heavy atom. The maximum atomic E-state index is 12.5. The number of benzene rings is 3. The number of rotatable bonds is 8. The van der Waals surface area contributed by atoms with Gasteiger partial charge in [-0.1, -0.05) is 53.7 Å². The Morgan fingerprint density at radius 3 is 2.71 bits per heavy atom. The SMILES string of the molecule is Cc1ccc(OCc2nnc(SCC(=O)Nc3cccc(Cl)c3)n2-c2ccccc2)c2c1CCC2. The van der Waals surface area contributed by atoms with E-state index in [-0.39, 0.29) is 18.3 Å². The predicted molar refractivity (Wildman–Crippen MR) is 140 cm³/mol. The molecule has 0 saturated carbocycles.